The number of aliphatic carboxylic acids is 1. The maximum atomic E-state index is 10.4. The molecule has 0 aliphatic heterocycles. The summed E-state index contributed by atoms with van der Waals surface area (Å²) in [4.78, 5) is 12.5. The van der Waals surface area contributed by atoms with E-state index in [1.54, 1.807) is 6.07 Å². The van der Waals surface area contributed by atoms with E-state index in [9.17, 15) is 4.79 Å². The van der Waals surface area contributed by atoms with Gasteiger partial charge < -0.3 is 5.11 Å². The predicted octanol–water partition coefficient (Wildman–Crippen LogP) is 2.42. The third-order valence-corrected chi connectivity index (χ3v) is 3.06. The highest BCUT2D eigenvalue weighted by atomic mass is 16.4. The van der Waals surface area contributed by atoms with Crippen LogP contribution in [0.5, 0.6) is 0 Å². The minimum Gasteiger partial charge on any atom is -0.481 e. The number of rotatable bonds is 6. The summed E-state index contributed by atoms with van der Waals surface area (Å²) in [6.07, 6.45) is 0.823. The maximum absolute atomic E-state index is 10.4. The molecule has 4 nitrogen and oxygen atoms in total. The van der Waals surface area contributed by atoms with E-state index in [1.807, 2.05) is 25.2 Å². The Hall–Kier alpha value is -1.86. The monoisotopic (exact) mass is 246 g/mol. The zero-order valence-electron chi connectivity index (χ0n) is 10.8. The van der Waals surface area contributed by atoms with Crippen LogP contribution >= 0.6 is 0 Å². The molecule has 1 unspecified atom stereocenters. The second-order valence-electron chi connectivity index (χ2n) is 4.39. The number of nitriles is 1. The Labute approximate surface area is 107 Å². The fourth-order valence-corrected chi connectivity index (χ4v) is 1.80. The van der Waals surface area contributed by atoms with Crippen molar-refractivity contribution >= 4 is 5.97 Å². The normalized spacial score (nSPS) is 12.1. The summed E-state index contributed by atoms with van der Waals surface area (Å²) >= 11 is 0. The van der Waals surface area contributed by atoms with Gasteiger partial charge in [0.2, 0.25) is 0 Å². The zero-order valence-corrected chi connectivity index (χ0v) is 10.8. The highest BCUT2D eigenvalue weighted by Crippen LogP contribution is 2.19. The number of carboxylic acids is 1. The average molecular weight is 246 g/mol. The van der Waals surface area contributed by atoms with Gasteiger partial charge in [-0.05, 0) is 44.6 Å². The highest BCUT2D eigenvalue weighted by Gasteiger charge is 2.12. The number of nitrogens with zero attached hydrogens (tertiary/aromatic N) is 2. The fraction of sp³-hybridized carbons (Fsp3) is 0.429. The van der Waals surface area contributed by atoms with Crippen molar-refractivity contribution in [3.63, 3.8) is 0 Å². The molecule has 0 heterocycles. The van der Waals surface area contributed by atoms with E-state index in [0.717, 1.165) is 12.1 Å². The first-order valence-electron chi connectivity index (χ1n) is 5.96. The van der Waals surface area contributed by atoms with Gasteiger partial charge in [0.1, 0.15) is 0 Å². The van der Waals surface area contributed by atoms with Gasteiger partial charge in [0.05, 0.1) is 11.6 Å². The lowest BCUT2D eigenvalue weighted by Gasteiger charge is -2.24. The lowest BCUT2D eigenvalue weighted by molar-refractivity contribution is -0.137. The molecule has 0 fully saturated rings. The molecule has 18 heavy (non-hydrogen) atoms. The molecule has 0 radical (unpaired) electrons. The van der Waals surface area contributed by atoms with Crippen LogP contribution < -0.4 is 0 Å². The Morgan fingerprint density at radius 2 is 2.28 bits per heavy atom. The van der Waals surface area contributed by atoms with Crippen molar-refractivity contribution in [3.05, 3.63) is 35.4 Å². The van der Waals surface area contributed by atoms with Crippen LogP contribution in [0.1, 0.15) is 36.9 Å². The summed E-state index contributed by atoms with van der Waals surface area (Å²) in [5.41, 5.74) is 1.73. The van der Waals surface area contributed by atoms with Crippen molar-refractivity contribution in [1.29, 1.82) is 5.26 Å². The van der Waals surface area contributed by atoms with E-state index in [1.165, 1.54) is 0 Å². The first-order valence-corrected chi connectivity index (χ1v) is 5.96. The van der Waals surface area contributed by atoms with Gasteiger partial charge in [-0.2, -0.15) is 5.26 Å². The van der Waals surface area contributed by atoms with Gasteiger partial charge in [-0.25, -0.2) is 0 Å². The number of benzene rings is 1. The quantitative estimate of drug-likeness (QED) is 0.837. The topological polar surface area (TPSA) is 64.3 Å². The molecule has 1 rings (SSSR count). The Bertz CT molecular complexity index is 451. The molecule has 1 N–H and O–H groups in total. The maximum Gasteiger partial charge on any atom is 0.303 e. The largest absolute Gasteiger partial charge is 0.481 e. The molecule has 0 amide bonds. The number of carboxylic acid groups (broad SMARTS) is 1. The van der Waals surface area contributed by atoms with Crippen LogP contribution in [0.3, 0.4) is 0 Å². The summed E-state index contributed by atoms with van der Waals surface area (Å²) in [6.45, 7) is 2.78. The zero-order chi connectivity index (χ0) is 13.5. The molecule has 0 aliphatic rings. The molecule has 0 bridgehead atoms. The van der Waals surface area contributed by atoms with Gasteiger partial charge >= 0.3 is 5.97 Å². The minimum atomic E-state index is -0.762. The molecule has 96 valence electrons. The summed E-state index contributed by atoms with van der Waals surface area (Å²) in [6, 6.07) is 9.80. The van der Waals surface area contributed by atoms with Crippen molar-refractivity contribution < 1.29 is 9.90 Å². The predicted molar refractivity (Wildman–Crippen MR) is 69.1 cm³/mol. The second kappa shape index (κ2) is 6.77. The molecular weight excluding hydrogens is 228 g/mol. The molecule has 0 aliphatic carbocycles. The van der Waals surface area contributed by atoms with Gasteiger partial charge in [0.25, 0.3) is 0 Å². The molecule has 4 heteroatoms. The van der Waals surface area contributed by atoms with E-state index >= 15 is 0 Å². The average Bonchev–Trinajstić information content (AvgIpc) is 2.37. The van der Waals surface area contributed by atoms with E-state index < -0.39 is 5.97 Å². The SMILES string of the molecule is CC(c1cccc(C#N)c1)N(C)CCCC(=O)O. The van der Waals surface area contributed by atoms with Crippen LogP contribution in [0.15, 0.2) is 24.3 Å². The van der Waals surface area contributed by atoms with Gasteiger partial charge in [-0.1, -0.05) is 12.1 Å². The molecule has 1 aromatic rings. The van der Waals surface area contributed by atoms with Crippen LogP contribution in [-0.2, 0) is 4.79 Å². The molecular formula is C14H18N2O2. The minimum absolute atomic E-state index is 0.173. The molecule has 1 aromatic carbocycles. The molecule has 0 saturated heterocycles. The third-order valence-electron chi connectivity index (χ3n) is 3.06. The first kappa shape index (κ1) is 14.2. The Morgan fingerprint density at radius 3 is 2.89 bits per heavy atom. The van der Waals surface area contributed by atoms with Gasteiger partial charge in [0.15, 0.2) is 0 Å². The third kappa shape index (κ3) is 4.19. The van der Waals surface area contributed by atoms with Crippen LogP contribution in [-0.4, -0.2) is 29.6 Å². The van der Waals surface area contributed by atoms with Crippen LogP contribution in [0, 0.1) is 11.3 Å². The molecule has 0 saturated carbocycles. The molecule has 0 aromatic heterocycles. The van der Waals surface area contributed by atoms with Crippen molar-refractivity contribution in [1.82, 2.24) is 4.90 Å². The van der Waals surface area contributed by atoms with Crippen LogP contribution in [0.25, 0.3) is 0 Å². The fourth-order valence-electron chi connectivity index (χ4n) is 1.80. The van der Waals surface area contributed by atoms with E-state index in [4.69, 9.17) is 10.4 Å². The summed E-state index contributed by atoms with van der Waals surface area (Å²) < 4.78 is 0. The summed E-state index contributed by atoms with van der Waals surface area (Å²) in [7, 11) is 1.96. The first-order chi connectivity index (χ1) is 8.54. The van der Waals surface area contributed by atoms with Crippen molar-refractivity contribution in [3.8, 4) is 6.07 Å². The Balaban J connectivity index is 2.59. The summed E-state index contributed by atoms with van der Waals surface area (Å²) in [5, 5.41) is 17.5. The Kier molecular flexibility index (Phi) is 5.34. The highest BCUT2D eigenvalue weighted by molar-refractivity contribution is 5.66. The van der Waals surface area contributed by atoms with E-state index in [2.05, 4.69) is 17.9 Å². The van der Waals surface area contributed by atoms with Gasteiger partial charge in [0, 0.05) is 12.5 Å². The smallest absolute Gasteiger partial charge is 0.303 e. The van der Waals surface area contributed by atoms with E-state index in [-0.39, 0.29) is 12.5 Å². The number of carbonyl (C=O) groups is 1. The van der Waals surface area contributed by atoms with Gasteiger partial charge in [-0.15, -0.1) is 0 Å². The van der Waals surface area contributed by atoms with E-state index in [0.29, 0.717) is 12.0 Å². The standard InChI is InChI=1S/C14H18N2O2/c1-11(16(2)8-4-7-14(17)18)13-6-3-5-12(9-13)10-15/h3,5-6,9,11H,4,7-8H2,1-2H3,(H,17,18). The van der Waals surface area contributed by atoms with Crippen LogP contribution in [0.2, 0.25) is 0 Å². The van der Waals surface area contributed by atoms with Crippen molar-refractivity contribution in [2.24, 2.45) is 0 Å². The number of hydrogen-bond acceptors (Lipinski definition) is 3. The van der Waals surface area contributed by atoms with Crippen molar-refractivity contribution in [2.75, 3.05) is 13.6 Å². The summed E-state index contributed by atoms with van der Waals surface area (Å²) in [5.74, 6) is -0.762. The Morgan fingerprint density at radius 1 is 1.56 bits per heavy atom. The van der Waals surface area contributed by atoms with Crippen LogP contribution in [0.4, 0.5) is 0 Å². The lowest BCUT2D eigenvalue weighted by Crippen LogP contribution is -2.24. The molecule has 0 spiro atoms. The number of hydrogen-bond donors (Lipinski definition) is 1. The molecule has 1 atom stereocenters. The lowest BCUT2D eigenvalue weighted by atomic mass is 10.0. The van der Waals surface area contributed by atoms with Crippen molar-refractivity contribution in [2.45, 2.75) is 25.8 Å². The second-order valence-corrected chi connectivity index (χ2v) is 4.39. The van der Waals surface area contributed by atoms with Gasteiger partial charge in [-0.3, -0.25) is 9.69 Å².